The van der Waals surface area contributed by atoms with E-state index in [0.717, 1.165) is 25.0 Å². The number of amides is 1. The van der Waals surface area contributed by atoms with E-state index < -0.39 is 16.0 Å². The summed E-state index contributed by atoms with van der Waals surface area (Å²) in [5.41, 5.74) is 6.84. The fourth-order valence-electron chi connectivity index (χ4n) is 3.05. The Morgan fingerprint density at radius 2 is 1.90 bits per heavy atom. The number of carbonyl (C=O) groups excluding carboxylic acids is 1. The number of aryl methyl sites for hydroxylation is 2. The second-order valence-corrected chi connectivity index (χ2v) is 9.18. The summed E-state index contributed by atoms with van der Waals surface area (Å²) in [7, 11) is -3.98. The Morgan fingerprint density at radius 1 is 1.16 bits per heavy atom. The standard InChI is InChI=1S/C21H25N3O5S2/c1-14-5-6-15(2)19(12-14)31(26,27)29-17-9-7-16(8-10-17)20(25)23-24-21(30)22-13-18-4-3-11-28-18/h5-10,12,18H,3-4,11,13H2,1-2H3,(H,23,25)(H2,22,24,30). The van der Waals surface area contributed by atoms with Gasteiger partial charge < -0.3 is 14.2 Å². The molecule has 1 amide bonds. The first-order chi connectivity index (χ1) is 14.7. The third kappa shape index (κ3) is 6.39. The average molecular weight is 464 g/mol. The lowest BCUT2D eigenvalue weighted by atomic mass is 10.2. The van der Waals surface area contributed by atoms with Gasteiger partial charge in [0.25, 0.3) is 5.91 Å². The molecule has 1 saturated heterocycles. The summed E-state index contributed by atoms with van der Waals surface area (Å²) in [6.45, 7) is 4.84. The molecule has 1 heterocycles. The smallest absolute Gasteiger partial charge is 0.339 e. The number of rotatable bonds is 6. The monoisotopic (exact) mass is 463 g/mol. The molecular weight excluding hydrogens is 438 g/mol. The van der Waals surface area contributed by atoms with Gasteiger partial charge in [-0.1, -0.05) is 12.1 Å². The van der Waals surface area contributed by atoms with Crippen molar-refractivity contribution in [3.63, 3.8) is 0 Å². The average Bonchev–Trinajstić information content (AvgIpc) is 3.26. The lowest BCUT2D eigenvalue weighted by molar-refractivity contribution is 0.0943. The highest BCUT2D eigenvalue weighted by molar-refractivity contribution is 7.87. The van der Waals surface area contributed by atoms with Gasteiger partial charge >= 0.3 is 10.1 Å². The third-order valence-electron chi connectivity index (χ3n) is 4.74. The molecule has 8 nitrogen and oxygen atoms in total. The number of hydrogen-bond donors (Lipinski definition) is 3. The maximum absolute atomic E-state index is 12.6. The number of hydrogen-bond acceptors (Lipinski definition) is 6. The van der Waals surface area contributed by atoms with E-state index in [1.54, 1.807) is 19.1 Å². The van der Waals surface area contributed by atoms with Crippen molar-refractivity contribution < 1.29 is 22.1 Å². The molecule has 0 aliphatic carbocycles. The van der Waals surface area contributed by atoms with Gasteiger partial charge in [0.1, 0.15) is 10.6 Å². The Hall–Kier alpha value is -2.69. The number of ether oxygens (including phenoxy) is 1. The van der Waals surface area contributed by atoms with Crippen LogP contribution in [0.15, 0.2) is 47.4 Å². The van der Waals surface area contributed by atoms with Gasteiger partial charge in [-0.25, -0.2) is 0 Å². The van der Waals surface area contributed by atoms with Gasteiger partial charge in [0.05, 0.1) is 6.10 Å². The molecule has 0 aromatic heterocycles. The zero-order valence-corrected chi connectivity index (χ0v) is 18.9. The highest BCUT2D eigenvalue weighted by Crippen LogP contribution is 2.22. The molecule has 0 saturated carbocycles. The molecule has 3 N–H and O–H groups in total. The van der Waals surface area contributed by atoms with Crippen LogP contribution in [0.4, 0.5) is 0 Å². The molecule has 3 rings (SSSR count). The second kappa shape index (κ2) is 10.1. The van der Waals surface area contributed by atoms with Gasteiger partial charge in [-0.3, -0.25) is 15.6 Å². The SMILES string of the molecule is Cc1ccc(C)c(S(=O)(=O)Oc2ccc(C(=O)NNC(=S)NCC3CCCO3)cc2)c1. The van der Waals surface area contributed by atoms with Crippen LogP contribution < -0.4 is 20.4 Å². The quantitative estimate of drug-likeness (QED) is 0.341. The maximum Gasteiger partial charge on any atom is 0.339 e. The number of benzene rings is 2. The minimum atomic E-state index is -3.98. The van der Waals surface area contributed by atoms with Crippen molar-refractivity contribution in [3.05, 3.63) is 59.2 Å². The van der Waals surface area contributed by atoms with Gasteiger partial charge in [0.2, 0.25) is 0 Å². The Balaban J connectivity index is 1.53. The lowest BCUT2D eigenvalue weighted by Crippen LogP contribution is -2.48. The third-order valence-corrected chi connectivity index (χ3v) is 6.38. The Morgan fingerprint density at radius 3 is 2.58 bits per heavy atom. The van der Waals surface area contributed by atoms with E-state index in [4.69, 9.17) is 21.1 Å². The fraction of sp³-hybridized carbons (Fsp3) is 0.333. The lowest BCUT2D eigenvalue weighted by Gasteiger charge is -2.14. The maximum atomic E-state index is 12.6. The van der Waals surface area contributed by atoms with Crippen LogP contribution in [0.5, 0.6) is 5.75 Å². The Labute approximate surface area is 187 Å². The first-order valence-corrected chi connectivity index (χ1v) is 11.6. The zero-order chi connectivity index (χ0) is 22.4. The van der Waals surface area contributed by atoms with Crippen LogP contribution in [0.25, 0.3) is 0 Å². The first kappa shape index (κ1) is 23.0. The number of thiocarbonyl (C=S) groups is 1. The van der Waals surface area contributed by atoms with Crippen LogP contribution in [0.1, 0.15) is 34.3 Å². The van der Waals surface area contributed by atoms with Crippen molar-refractivity contribution >= 4 is 33.4 Å². The Bertz CT molecular complexity index is 1050. The van der Waals surface area contributed by atoms with E-state index >= 15 is 0 Å². The summed E-state index contributed by atoms with van der Waals surface area (Å²) >= 11 is 5.12. The molecule has 0 spiro atoms. The summed E-state index contributed by atoms with van der Waals surface area (Å²) in [5, 5.41) is 3.27. The van der Waals surface area contributed by atoms with Crippen molar-refractivity contribution in [2.75, 3.05) is 13.2 Å². The highest BCUT2D eigenvalue weighted by atomic mass is 32.2. The largest absolute Gasteiger partial charge is 0.379 e. The van der Waals surface area contributed by atoms with Crippen molar-refractivity contribution in [3.8, 4) is 5.75 Å². The minimum absolute atomic E-state index is 0.110. The van der Waals surface area contributed by atoms with Gasteiger partial charge in [-0.05, 0) is 80.4 Å². The predicted molar refractivity (Wildman–Crippen MR) is 120 cm³/mol. The molecule has 1 atom stereocenters. The van der Waals surface area contributed by atoms with Gasteiger partial charge in [0.15, 0.2) is 5.11 Å². The Kier molecular flexibility index (Phi) is 7.47. The first-order valence-electron chi connectivity index (χ1n) is 9.82. The predicted octanol–water partition coefficient (Wildman–Crippen LogP) is 2.36. The van der Waals surface area contributed by atoms with Gasteiger partial charge in [-0.2, -0.15) is 8.42 Å². The highest BCUT2D eigenvalue weighted by Gasteiger charge is 2.20. The molecule has 2 aromatic carbocycles. The van der Waals surface area contributed by atoms with Gasteiger partial charge in [-0.15, -0.1) is 0 Å². The van der Waals surface area contributed by atoms with E-state index in [2.05, 4.69) is 16.2 Å². The topological polar surface area (TPSA) is 106 Å². The molecule has 1 fully saturated rings. The fourth-order valence-corrected chi connectivity index (χ4v) is 4.43. The normalized spacial score (nSPS) is 15.9. The number of hydrazine groups is 1. The molecule has 0 bridgehead atoms. The molecule has 1 unspecified atom stereocenters. The summed E-state index contributed by atoms with van der Waals surface area (Å²) in [5.74, 6) is -0.315. The van der Waals surface area contributed by atoms with Crippen LogP contribution in [0.3, 0.4) is 0 Å². The second-order valence-electron chi connectivity index (χ2n) is 7.25. The van der Waals surface area contributed by atoms with E-state index in [-0.39, 0.29) is 21.9 Å². The number of nitrogens with one attached hydrogen (secondary N) is 3. The van der Waals surface area contributed by atoms with Crippen LogP contribution in [-0.4, -0.2) is 38.7 Å². The van der Waals surface area contributed by atoms with Crippen LogP contribution >= 0.6 is 12.2 Å². The van der Waals surface area contributed by atoms with E-state index in [9.17, 15) is 13.2 Å². The molecule has 2 aromatic rings. The van der Waals surface area contributed by atoms with Crippen molar-refractivity contribution in [1.82, 2.24) is 16.2 Å². The minimum Gasteiger partial charge on any atom is -0.379 e. The van der Waals surface area contributed by atoms with E-state index in [1.165, 1.54) is 24.3 Å². The molecule has 1 aliphatic heterocycles. The molecule has 1 aliphatic rings. The van der Waals surface area contributed by atoms with Gasteiger partial charge in [0, 0.05) is 18.7 Å². The van der Waals surface area contributed by atoms with Crippen molar-refractivity contribution in [1.29, 1.82) is 0 Å². The van der Waals surface area contributed by atoms with Crippen molar-refractivity contribution in [2.24, 2.45) is 0 Å². The zero-order valence-electron chi connectivity index (χ0n) is 17.3. The van der Waals surface area contributed by atoms with Crippen molar-refractivity contribution in [2.45, 2.75) is 37.7 Å². The van der Waals surface area contributed by atoms with E-state index in [0.29, 0.717) is 17.7 Å². The van der Waals surface area contributed by atoms with E-state index in [1.807, 2.05) is 13.0 Å². The van der Waals surface area contributed by atoms with Crippen LogP contribution in [0.2, 0.25) is 0 Å². The van der Waals surface area contributed by atoms with Crippen LogP contribution in [-0.2, 0) is 14.9 Å². The molecule has 0 radical (unpaired) electrons. The molecular formula is C21H25N3O5S2. The summed E-state index contributed by atoms with van der Waals surface area (Å²) in [6, 6.07) is 10.9. The molecule has 31 heavy (non-hydrogen) atoms. The summed E-state index contributed by atoms with van der Waals surface area (Å²) in [4.78, 5) is 12.4. The summed E-state index contributed by atoms with van der Waals surface area (Å²) < 4.78 is 35.9. The molecule has 10 heteroatoms. The molecule has 166 valence electrons. The summed E-state index contributed by atoms with van der Waals surface area (Å²) in [6.07, 6.45) is 2.15. The number of carbonyl (C=O) groups is 1. The van der Waals surface area contributed by atoms with Crippen LogP contribution in [0, 0.1) is 13.8 Å².